The molecule has 0 saturated carbocycles. The first-order valence-corrected chi connectivity index (χ1v) is 3.19. The highest BCUT2D eigenvalue weighted by atomic mass is 19.1. The molecule has 1 atom stereocenters. The zero-order valence-corrected chi connectivity index (χ0v) is 6.05. The predicted molar refractivity (Wildman–Crippen MR) is 38.1 cm³/mol. The maximum Gasteiger partial charge on any atom is 0.293 e. The van der Waals surface area contributed by atoms with Crippen molar-refractivity contribution in [3.63, 3.8) is 0 Å². The van der Waals surface area contributed by atoms with Crippen LogP contribution in [0.4, 0.5) is 4.39 Å². The number of nitrogens with two attached hydrogens (primary N) is 1. The summed E-state index contributed by atoms with van der Waals surface area (Å²) in [5.41, 5.74) is 4.98. The van der Waals surface area contributed by atoms with Gasteiger partial charge in [0.05, 0.1) is 5.84 Å². The number of ether oxygens (including phenoxy) is 1. The zero-order valence-electron chi connectivity index (χ0n) is 6.05. The molecule has 11 heavy (non-hydrogen) atoms. The Labute approximate surface area is 64.0 Å². The molecule has 0 aliphatic rings. The molecule has 0 aliphatic heterocycles. The van der Waals surface area contributed by atoms with E-state index >= 15 is 0 Å². The van der Waals surface area contributed by atoms with Crippen LogP contribution in [0.3, 0.4) is 0 Å². The Morgan fingerprint density at radius 1 is 1.82 bits per heavy atom. The van der Waals surface area contributed by atoms with Gasteiger partial charge in [-0.1, -0.05) is 0 Å². The second kappa shape index (κ2) is 5.64. The molecular weight excluding hydrogens is 151 g/mol. The minimum atomic E-state index is -1.22. The summed E-state index contributed by atoms with van der Waals surface area (Å²) in [5.74, 6) is -0.0567. The highest BCUT2D eigenvalue weighted by Crippen LogP contribution is 2.01. The molecule has 4 nitrogen and oxygen atoms in total. The number of alkyl halides is 1. The molecule has 5 heteroatoms. The highest BCUT2D eigenvalue weighted by Gasteiger charge is 2.06. The Morgan fingerprint density at radius 2 is 2.45 bits per heavy atom. The highest BCUT2D eigenvalue weighted by molar-refractivity contribution is 5.76. The third kappa shape index (κ3) is 6.76. The van der Waals surface area contributed by atoms with Gasteiger partial charge in [-0.25, -0.2) is 4.39 Å². The number of amidine groups is 1. The summed E-state index contributed by atoms with van der Waals surface area (Å²) in [6.45, 7) is -0.0584. The lowest BCUT2D eigenvalue weighted by molar-refractivity contribution is -0.130. The van der Waals surface area contributed by atoms with Crippen molar-refractivity contribution in [1.82, 2.24) is 0 Å². The summed E-state index contributed by atoms with van der Waals surface area (Å²) < 4.78 is 16.7. The van der Waals surface area contributed by atoms with Gasteiger partial charge < -0.3 is 10.5 Å². The van der Waals surface area contributed by atoms with Crippen LogP contribution in [0.1, 0.15) is 12.8 Å². The summed E-state index contributed by atoms with van der Waals surface area (Å²) in [6, 6.07) is 0. The fraction of sp³-hybridized carbons (Fsp3) is 0.667. The van der Waals surface area contributed by atoms with E-state index in [0.717, 1.165) is 0 Å². The Balaban J connectivity index is 3.28. The molecule has 0 radical (unpaired) electrons. The lowest BCUT2D eigenvalue weighted by Crippen LogP contribution is -2.15. The zero-order chi connectivity index (χ0) is 8.69. The smallest absolute Gasteiger partial charge is 0.293 e. The first kappa shape index (κ1) is 9.87. The molecule has 0 amide bonds. The number of hydrogen-bond donors (Lipinski definition) is 2. The fourth-order valence-corrected chi connectivity index (χ4v) is 0.539. The van der Waals surface area contributed by atoms with Gasteiger partial charge in [0, 0.05) is 6.42 Å². The van der Waals surface area contributed by atoms with Crippen molar-refractivity contribution < 1.29 is 13.9 Å². The minimum Gasteiger partial charge on any atom is -0.465 e. The van der Waals surface area contributed by atoms with Crippen LogP contribution in [0.15, 0.2) is 0 Å². The Hall–Kier alpha value is -1.13. The fourth-order valence-electron chi connectivity index (χ4n) is 0.539. The van der Waals surface area contributed by atoms with Gasteiger partial charge in [0.1, 0.15) is 12.8 Å². The van der Waals surface area contributed by atoms with Crippen molar-refractivity contribution in [2.75, 3.05) is 6.61 Å². The SMILES string of the molecule is N=C(N)CCC(F)COC=O. The van der Waals surface area contributed by atoms with Gasteiger partial charge in [-0.05, 0) is 6.42 Å². The Bertz CT molecular complexity index is 141. The van der Waals surface area contributed by atoms with Crippen LogP contribution < -0.4 is 5.73 Å². The van der Waals surface area contributed by atoms with E-state index < -0.39 is 6.17 Å². The van der Waals surface area contributed by atoms with Gasteiger partial charge in [0.2, 0.25) is 0 Å². The normalized spacial score (nSPS) is 12.1. The van der Waals surface area contributed by atoms with Crippen LogP contribution in [-0.4, -0.2) is 25.1 Å². The number of nitrogens with one attached hydrogen (secondary N) is 1. The first-order chi connectivity index (χ1) is 5.16. The number of rotatable bonds is 6. The predicted octanol–water partition coefficient (Wildman–Crippen LogP) is 0.214. The lowest BCUT2D eigenvalue weighted by atomic mass is 10.2. The van der Waals surface area contributed by atoms with E-state index in [-0.39, 0.29) is 31.8 Å². The molecule has 0 saturated heterocycles. The number of hydrogen-bond acceptors (Lipinski definition) is 3. The molecule has 0 spiro atoms. The maximum atomic E-state index is 12.5. The van der Waals surface area contributed by atoms with E-state index in [1.54, 1.807) is 0 Å². The van der Waals surface area contributed by atoms with E-state index in [4.69, 9.17) is 11.1 Å². The summed E-state index contributed by atoms with van der Waals surface area (Å²) in [7, 11) is 0. The maximum absolute atomic E-state index is 12.5. The molecule has 0 heterocycles. The van der Waals surface area contributed by atoms with Gasteiger partial charge in [-0.15, -0.1) is 0 Å². The topological polar surface area (TPSA) is 76.2 Å². The van der Waals surface area contributed by atoms with Crippen LogP contribution in [0, 0.1) is 5.41 Å². The van der Waals surface area contributed by atoms with Crippen LogP contribution in [-0.2, 0) is 9.53 Å². The number of carbonyl (C=O) groups is 1. The van der Waals surface area contributed by atoms with Crippen molar-refractivity contribution in [2.24, 2.45) is 5.73 Å². The molecule has 0 rings (SSSR count). The molecular formula is C6H11FN2O2. The van der Waals surface area contributed by atoms with E-state index in [1.165, 1.54) is 0 Å². The van der Waals surface area contributed by atoms with Crippen LogP contribution in [0.2, 0.25) is 0 Å². The van der Waals surface area contributed by atoms with Crippen LogP contribution in [0.5, 0.6) is 0 Å². The van der Waals surface area contributed by atoms with Crippen molar-refractivity contribution in [3.8, 4) is 0 Å². The minimum absolute atomic E-state index is 0.0567. The van der Waals surface area contributed by atoms with E-state index in [0.29, 0.717) is 0 Å². The first-order valence-electron chi connectivity index (χ1n) is 3.19. The van der Waals surface area contributed by atoms with Crippen molar-refractivity contribution >= 4 is 12.3 Å². The molecule has 0 fully saturated rings. The van der Waals surface area contributed by atoms with E-state index in [1.807, 2.05) is 0 Å². The second-order valence-electron chi connectivity index (χ2n) is 2.09. The quantitative estimate of drug-likeness (QED) is 0.333. The average Bonchev–Trinajstić information content (AvgIpc) is 1.97. The Kier molecular flexibility index (Phi) is 5.06. The van der Waals surface area contributed by atoms with Gasteiger partial charge in [0.25, 0.3) is 6.47 Å². The lowest BCUT2D eigenvalue weighted by Gasteiger charge is -2.04. The summed E-state index contributed by atoms with van der Waals surface area (Å²) in [5, 5.41) is 6.77. The Morgan fingerprint density at radius 3 is 2.91 bits per heavy atom. The van der Waals surface area contributed by atoms with Gasteiger partial charge in [-0.2, -0.15) is 0 Å². The molecule has 0 bridgehead atoms. The molecule has 64 valence electrons. The van der Waals surface area contributed by atoms with Crippen molar-refractivity contribution in [2.45, 2.75) is 19.0 Å². The average molecular weight is 162 g/mol. The summed E-state index contributed by atoms with van der Waals surface area (Å²) in [6.07, 6.45) is -0.892. The molecule has 0 aromatic heterocycles. The van der Waals surface area contributed by atoms with Crippen LogP contribution in [0.25, 0.3) is 0 Å². The summed E-state index contributed by atoms with van der Waals surface area (Å²) in [4.78, 5) is 9.59. The van der Waals surface area contributed by atoms with E-state index in [9.17, 15) is 9.18 Å². The second-order valence-corrected chi connectivity index (χ2v) is 2.09. The molecule has 0 aromatic rings. The molecule has 1 unspecified atom stereocenters. The monoisotopic (exact) mass is 162 g/mol. The number of carbonyl (C=O) groups excluding carboxylic acids is 1. The van der Waals surface area contributed by atoms with Gasteiger partial charge in [0.15, 0.2) is 0 Å². The van der Waals surface area contributed by atoms with Crippen molar-refractivity contribution in [1.29, 1.82) is 5.41 Å². The molecule has 0 aromatic carbocycles. The number of halogens is 1. The summed E-state index contributed by atoms with van der Waals surface area (Å²) >= 11 is 0. The van der Waals surface area contributed by atoms with Crippen molar-refractivity contribution in [3.05, 3.63) is 0 Å². The standard InChI is InChI=1S/C6H11FN2O2/c7-5(3-11-4-10)1-2-6(8)9/h4-5H,1-3H2,(H3,8,9). The van der Waals surface area contributed by atoms with Crippen LogP contribution >= 0.6 is 0 Å². The van der Waals surface area contributed by atoms with Gasteiger partial charge >= 0.3 is 0 Å². The van der Waals surface area contributed by atoms with Gasteiger partial charge in [-0.3, -0.25) is 10.2 Å². The van der Waals surface area contributed by atoms with E-state index in [2.05, 4.69) is 4.74 Å². The largest absolute Gasteiger partial charge is 0.465 e. The molecule has 3 N–H and O–H groups in total. The molecule has 0 aliphatic carbocycles. The third-order valence-electron chi connectivity index (χ3n) is 1.07. The third-order valence-corrected chi connectivity index (χ3v) is 1.07.